The van der Waals surface area contributed by atoms with E-state index in [0.717, 1.165) is 5.56 Å². The molecule has 0 aromatic heterocycles. The van der Waals surface area contributed by atoms with Gasteiger partial charge in [-0.05, 0) is 5.56 Å². The van der Waals surface area contributed by atoms with Crippen LogP contribution in [0.1, 0.15) is 5.56 Å². The van der Waals surface area contributed by atoms with Crippen LogP contribution < -0.4 is 5.46 Å². The van der Waals surface area contributed by atoms with Gasteiger partial charge in [0.1, 0.15) is 7.85 Å². The first-order valence-corrected chi connectivity index (χ1v) is 3.63. The highest BCUT2D eigenvalue weighted by Crippen LogP contribution is 1.98. The Morgan fingerprint density at radius 2 is 2.00 bits per heavy atom. The maximum atomic E-state index is 10.8. The monoisotopic (exact) mass is 160 g/mol. The molecule has 0 aliphatic rings. The van der Waals surface area contributed by atoms with Gasteiger partial charge >= 0.3 is 5.97 Å². The Hall–Kier alpha value is -1.25. The molecule has 0 bridgehead atoms. The molecule has 0 saturated carbocycles. The van der Waals surface area contributed by atoms with E-state index >= 15 is 0 Å². The van der Waals surface area contributed by atoms with Crippen molar-refractivity contribution in [3.8, 4) is 0 Å². The Morgan fingerprint density at radius 1 is 1.42 bits per heavy atom. The molecule has 0 amide bonds. The van der Waals surface area contributed by atoms with Crippen molar-refractivity contribution in [1.82, 2.24) is 0 Å². The molecule has 0 atom stereocenters. The number of carbonyl (C=O) groups excluding carboxylic acids is 1. The summed E-state index contributed by atoms with van der Waals surface area (Å²) in [6.45, 7) is 0. The molecule has 1 aromatic rings. The molecule has 0 heterocycles. The molecule has 3 heteroatoms. The van der Waals surface area contributed by atoms with Crippen molar-refractivity contribution < 1.29 is 9.53 Å². The molecular weight excluding hydrogens is 151 g/mol. The second kappa shape index (κ2) is 3.95. The van der Waals surface area contributed by atoms with Crippen LogP contribution in [0.5, 0.6) is 0 Å². The van der Waals surface area contributed by atoms with Crippen LogP contribution in [0.2, 0.25) is 0 Å². The third-order valence-corrected chi connectivity index (χ3v) is 1.56. The number of ether oxygens (including phenoxy) is 1. The van der Waals surface area contributed by atoms with Gasteiger partial charge in [-0.25, -0.2) is 0 Å². The van der Waals surface area contributed by atoms with Crippen LogP contribution >= 0.6 is 0 Å². The highest BCUT2D eigenvalue weighted by atomic mass is 16.5. The Bertz CT molecular complexity index is 266. The van der Waals surface area contributed by atoms with E-state index in [1.165, 1.54) is 7.11 Å². The van der Waals surface area contributed by atoms with Crippen molar-refractivity contribution in [2.24, 2.45) is 0 Å². The summed E-state index contributed by atoms with van der Waals surface area (Å²) < 4.78 is 4.51. The molecule has 0 saturated heterocycles. The maximum Gasteiger partial charge on any atom is 0.309 e. The second-order valence-electron chi connectivity index (χ2n) is 2.49. The van der Waals surface area contributed by atoms with Crippen LogP contribution in [-0.4, -0.2) is 20.9 Å². The van der Waals surface area contributed by atoms with E-state index in [1.807, 2.05) is 12.1 Å². The lowest BCUT2D eigenvalue weighted by Crippen LogP contribution is -2.06. The predicted octanol–water partition coefficient (Wildman–Crippen LogP) is 0.196. The third-order valence-electron chi connectivity index (χ3n) is 1.56. The minimum Gasteiger partial charge on any atom is -0.469 e. The fourth-order valence-electron chi connectivity index (χ4n) is 0.874. The molecule has 0 fully saturated rings. The minimum absolute atomic E-state index is 0.236. The summed E-state index contributed by atoms with van der Waals surface area (Å²) in [4.78, 5) is 10.8. The third kappa shape index (κ3) is 2.42. The van der Waals surface area contributed by atoms with Gasteiger partial charge in [-0.1, -0.05) is 29.7 Å². The van der Waals surface area contributed by atoms with E-state index < -0.39 is 0 Å². The summed E-state index contributed by atoms with van der Waals surface area (Å²) in [7, 11) is 6.85. The fourth-order valence-corrected chi connectivity index (χ4v) is 0.874. The molecule has 1 aromatic carbocycles. The van der Waals surface area contributed by atoms with Crippen molar-refractivity contribution in [3.05, 3.63) is 29.8 Å². The molecule has 0 N–H and O–H groups in total. The number of carbonyl (C=O) groups is 1. The van der Waals surface area contributed by atoms with Crippen molar-refractivity contribution in [2.75, 3.05) is 7.11 Å². The highest BCUT2D eigenvalue weighted by molar-refractivity contribution is 6.32. The van der Waals surface area contributed by atoms with Crippen LogP contribution in [0.4, 0.5) is 0 Å². The lowest BCUT2D eigenvalue weighted by Gasteiger charge is -1.99. The van der Waals surface area contributed by atoms with Gasteiger partial charge in [-0.15, -0.1) is 0 Å². The van der Waals surface area contributed by atoms with Crippen molar-refractivity contribution in [2.45, 2.75) is 6.42 Å². The second-order valence-corrected chi connectivity index (χ2v) is 2.49. The molecule has 0 aliphatic heterocycles. The number of hydrogen-bond acceptors (Lipinski definition) is 2. The van der Waals surface area contributed by atoms with E-state index in [-0.39, 0.29) is 5.97 Å². The SMILES string of the molecule is [B]c1ccc(CC(=O)OC)cc1. The molecular formula is C9H9BO2. The van der Waals surface area contributed by atoms with Gasteiger partial charge in [-0.3, -0.25) is 4.79 Å². The van der Waals surface area contributed by atoms with Gasteiger partial charge in [0.05, 0.1) is 13.5 Å². The molecule has 0 unspecified atom stereocenters. The normalized spacial score (nSPS) is 9.42. The van der Waals surface area contributed by atoms with Crippen molar-refractivity contribution in [1.29, 1.82) is 0 Å². The van der Waals surface area contributed by atoms with Gasteiger partial charge in [-0.2, -0.15) is 0 Å². The summed E-state index contributed by atoms with van der Waals surface area (Å²) in [6, 6.07) is 7.15. The van der Waals surface area contributed by atoms with Crippen molar-refractivity contribution in [3.63, 3.8) is 0 Å². The van der Waals surface area contributed by atoms with Crippen LogP contribution in [-0.2, 0) is 16.0 Å². The van der Waals surface area contributed by atoms with E-state index in [4.69, 9.17) is 7.85 Å². The largest absolute Gasteiger partial charge is 0.469 e. The Kier molecular flexibility index (Phi) is 2.91. The quantitative estimate of drug-likeness (QED) is 0.456. The van der Waals surface area contributed by atoms with Crippen LogP contribution in [0, 0.1) is 0 Å². The molecule has 12 heavy (non-hydrogen) atoms. The van der Waals surface area contributed by atoms with E-state index in [9.17, 15) is 4.79 Å². The first-order valence-electron chi connectivity index (χ1n) is 3.63. The van der Waals surface area contributed by atoms with Gasteiger partial charge < -0.3 is 4.74 Å². The number of hydrogen-bond donors (Lipinski definition) is 0. The fraction of sp³-hybridized carbons (Fsp3) is 0.222. The number of benzene rings is 1. The standard InChI is InChI=1S/C9H9BO2/c1-12-9(11)6-7-2-4-8(10)5-3-7/h2-5H,6H2,1H3. The van der Waals surface area contributed by atoms with Crippen molar-refractivity contribution >= 4 is 19.3 Å². The van der Waals surface area contributed by atoms with Gasteiger partial charge in [0.2, 0.25) is 0 Å². The maximum absolute atomic E-state index is 10.8. The lowest BCUT2D eigenvalue weighted by molar-refractivity contribution is -0.139. The van der Waals surface area contributed by atoms with E-state index in [2.05, 4.69) is 4.74 Å². The summed E-state index contributed by atoms with van der Waals surface area (Å²) in [6.07, 6.45) is 0.302. The molecule has 0 aliphatic carbocycles. The zero-order valence-electron chi connectivity index (χ0n) is 6.91. The molecule has 0 spiro atoms. The first kappa shape index (κ1) is 8.85. The molecule has 1 rings (SSSR count). The molecule has 60 valence electrons. The van der Waals surface area contributed by atoms with Crippen LogP contribution in [0.15, 0.2) is 24.3 Å². The highest BCUT2D eigenvalue weighted by Gasteiger charge is 2.00. The predicted molar refractivity (Wildman–Crippen MR) is 47.6 cm³/mol. The average molecular weight is 160 g/mol. The molecule has 2 nitrogen and oxygen atoms in total. The number of methoxy groups -OCH3 is 1. The summed E-state index contributed by atoms with van der Waals surface area (Å²) in [5.41, 5.74) is 1.61. The smallest absolute Gasteiger partial charge is 0.309 e. The Balaban J connectivity index is 2.64. The average Bonchev–Trinajstić information content (AvgIpc) is 2.09. The van der Waals surface area contributed by atoms with Gasteiger partial charge in [0.25, 0.3) is 0 Å². The number of esters is 1. The zero-order valence-corrected chi connectivity index (χ0v) is 6.91. The van der Waals surface area contributed by atoms with Crippen LogP contribution in [0.25, 0.3) is 0 Å². The van der Waals surface area contributed by atoms with E-state index in [0.29, 0.717) is 11.9 Å². The number of rotatable bonds is 2. The minimum atomic E-state index is -0.236. The Labute approximate surface area is 73.0 Å². The zero-order chi connectivity index (χ0) is 8.97. The Morgan fingerprint density at radius 3 is 2.50 bits per heavy atom. The summed E-state index contributed by atoms with van der Waals surface area (Å²) in [5, 5.41) is 0. The topological polar surface area (TPSA) is 26.3 Å². The summed E-state index contributed by atoms with van der Waals surface area (Å²) in [5.74, 6) is -0.236. The lowest BCUT2D eigenvalue weighted by atomic mass is 9.95. The summed E-state index contributed by atoms with van der Waals surface area (Å²) >= 11 is 0. The first-order chi connectivity index (χ1) is 5.72. The van der Waals surface area contributed by atoms with Gasteiger partial charge in [0.15, 0.2) is 0 Å². The van der Waals surface area contributed by atoms with Crippen LogP contribution in [0.3, 0.4) is 0 Å². The molecule has 2 radical (unpaired) electrons. The van der Waals surface area contributed by atoms with Gasteiger partial charge in [0, 0.05) is 0 Å². The van der Waals surface area contributed by atoms with E-state index in [1.54, 1.807) is 12.1 Å².